The lowest BCUT2D eigenvalue weighted by molar-refractivity contribution is 0.591. The van der Waals surface area contributed by atoms with Crippen LogP contribution in [0, 0.1) is 5.92 Å². The van der Waals surface area contributed by atoms with Crippen LogP contribution in [0.1, 0.15) is 32.1 Å². The molecule has 0 amide bonds. The van der Waals surface area contributed by atoms with Gasteiger partial charge in [0.2, 0.25) is 0 Å². The fourth-order valence-corrected chi connectivity index (χ4v) is 2.98. The zero-order valence-electron chi connectivity index (χ0n) is 8.00. The lowest BCUT2D eigenvalue weighted by Crippen LogP contribution is -2.05. The molecule has 0 bridgehead atoms. The van der Waals surface area contributed by atoms with Crippen molar-refractivity contribution in [2.24, 2.45) is 5.92 Å². The van der Waals surface area contributed by atoms with E-state index in [2.05, 4.69) is 15.9 Å². The minimum absolute atomic E-state index is 0.345. The summed E-state index contributed by atoms with van der Waals surface area (Å²) in [6.45, 7) is 0. The molecule has 1 aliphatic rings. The molecule has 1 saturated carbocycles. The molecule has 0 aromatic rings. The third-order valence-electron chi connectivity index (χ3n) is 2.38. The summed E-state index contributed by atoms with van der Waals surface area (Å²) < 4.78 is 21.6. The molecule has 0 N–H and O–H groups in total. The third-order valence-corrected chi connectivity index (χ3v) is 4.61. The summed E-state index contributed by atoms with van der Waals surface area (Å²) in [4.78, 5) is 0.632. The first kappa shape index (κ1) is 11.5. The van der Waals surface area contributed by atoms with Gasteiger partial charge in [-0.05, 0) is 31.6 Å². The first-order valence-corrected chi connectivity index (χ1v) is 7.78. The average molecular weight is 269 g/mol. The van der Waals surface area contributed by atoms with Crippen LogP contribution in [-0.4, -0.2) is 25.3 Å². The number of hydrogen-bond acceptors (Lipinski definition) is 2. The van der Waals surface area contributed by atoms with Crippen molar-refractivity contribution in [1.29, 1.82) is 0 Å². The first-order valence-electron chi connectivity index (χ1n) is 4.81. The molecule has 0 heterocycles. The molecule has 0 aromatic carbocycles. The fraction of sp³-hybridized carbons (Fsp3) is 1.00. The van der Waals surface area contributed by atoms with Crippen LogP contribution in [0.25, 0.3) is 0 Å². The van der Waals surface area contributed by atoms with Gasteiger partial charge in [-0.1, -0.05) is 22.4 Å². The molecule has 1 atom stereocenters. The van der Waals surface area contributed by atoms with Gasteiger partial charge in [-0.3, -0.25) is 0 Å². The van der Waals surface area contributed by atoms with E-state index in [9.17, 15) is 8.42 Å². The molecule has 2 nitrogen and oxygen atoms in total. The maximum Gasteiger partial charge on any atom is 0.147 e. The van der Waals surface area contributed by atoms with Crippen molar-refractivity contribution < 1.29 is 8.42 Å². The molecule has 0 saturated heterocycles. The van der Waals surface area contributed by atoms with Gasteiger partial charge in [0.15, 0.2) is 0 Å². The maximum absolute atomic E-state index is 10.8. The lowest BCUT2D eigenvalue weighted by Gasteiger charge is -2.06. The van der Waals surface area contributed by atoms with Crippen LogP contribution in [0.2, 0.25) is 0 Å². The van der Waals surface area contributed by atoms with Gasteiger partial charge in [0.05, 0.1) is 0 Å². The molecule has 1 aliphatic carbocycles. The second-order valence-electron chi connectivity index (χ2n) is 3.98. The monoisotopic (exact) mass is 268 g/mol. The standard InChI is InChI=1S/C9H17BrO2S/c1-13(11,12)7-3-2-4-9(10)8-5-6-8/h8-9H,2-7H2,1H3. The summed E-state index contributed by atoms with van der Waals surface area (Å²) in [5.41, 5.74) is 0. The molecule has 4 heteroatoms. The van der Waals surface area contributed by atoms with E-state index >= 15 is 0 Å². The Bertz CT molecular complexity index is 244. The normalized spacial score (nSPS) is 20.2. The van der Waals surface area contributed by atoms with Gasteiger partial charge in [-0.25, -0.2) is 8.42 Å². The quantitative estimate of drug-likeness (QED) is 0.548. The Labute approximate surface area is 89.1 Å². The van der Waals surface area contributed by atoms with Crippen LogP contribution in [-0.2, 0) is 9.84 Å². The molecule has 1 fully saturated rings. The molecule has 78 valence electrons. The van der Waals surface area contributed by atoms with E-state index in [1.54, 1.807) is 0 Å². The largest absolute Gasteiger partial charge is 0.229 e. The smallest absolute Gasteiger partial charge is 0.147 e. The lowest BCUT2D eigenvalue weighted by atomic mass is 10.1. The van der Waals surface area contributed by atoms with Crippen LogP contribution in [0.4, 0.5) is 0 Å². The highest BCUT2D eigenvalue weighted by Gasteiger charge is 2.28. The molecule has 1 unspecified atom stereocenters. The van der Waals surface area contributed by atoms with E-state index in [1.165, 1.54) is 19.1 Å². The summed E-state index contributed by atoms with van der Waals surface area (Å²) in [7, 11) is -2.74. The Morgan fingerprint density at radius 1 is 1.38 bits per heavy atom. The van der Waals surface area contributed by atoms with E-state index in [-0.39, 0.29) is 0 Å². The minimum atomic E-state index is -2.74. The van der Waals surface area contributed by atoms with Crippen molar-refractivity contribution in [3.8, 4) is 0 Å². The van der Waals surface area contributed by atoms with Gasteiger partial charge < -0.3 is 0 Å². The number of unbranched alkanes of at least 4 members (excludes halogenated alkanes) is 1. The highest BCUT2D eigenvalue weighted by molar-refractivity contribution is 9.09. The van der Waals surface area contributed by atoms with Crippen LogP contribution < -0.4 is 0 Å². The summed E-state index contributed by atoms with van der Waals surface area (Å²) in [5, 5.41) is 0. The molecule has 0 aliphatic heterocycles. The number of sulfone groups is 1. The summed E-state index contributed by atoms with van der Waals surface area (Å²) >= 11 is 3.64. The van der Waals surface area contributed by atoms with Crippen molar-refractivity contribution in [1.82, 2.24) is 0 Å². The molecule has 0 aromatic heterocycles. The number of halogens is 1. The van der Waals surface area contributed by atoms with Crippen LogP contribution in [0.15, 0.2) is 0 Å². The van der Waals surface area contributed by atoms with Gasteiger partial charge in [0, 0.05) is 16.8 Å². The summed E-state index contributed by atoms with van der Waals surface area (Å²) in [6, 6.07) is 0. The van der Waals surface area contributed by atoms with Gasteiger partial charge in [-0.15, -0.1) is 0 Å². The van der Waals surface area contributed by atoms with Crippen molar-refractivity contribution >= 4 is 25.8 Å². The number of alkyl halides is 1. The van der Waals surface area contributed by atoms with Crippen molar-refractivity contribution in [2.75, 3.05) is 12.0 Å². The topological polar surface area (TPSA) is 34.1 Å². The van der Waals surface area contributed by atoms with Crippen LogP contribution in [0.3, 0.4) is 0 Å². The third kappa shape index (κ3) is 5.68. The minimum Gasteiger partial charge on any atom is -0.229 e. The van der Waals surface area contributed by atoms with E-state index in [0.717, 1.165) is 25.2 Å². The predicted octanol–water partition coefficient (Wildman–Crippen LogP) is 2.37. The summed E-state index contributed by atoms with van der Waals surface area (Å²) in [6.07, 6.45) is 6.97. The number of hydrogen-bond donors (Lipinski definition) is 0. The Morgan fingerprint density at radius 2 is 2.00 bits per heavy atom. The average Bonchev–Trinajstić information content (AvgIpc) is 2.77. The van der Waals surface area contributed by atoms with Gasteiger partial charge in [0.1, 0.15) is 9.84 Å². The first-order chi connectivity index (χ1) is 5.99. The second kappa shape index (κ2) is 4.78. The Morgan fingerprint density at radius 3 is 2.46 bits per heavy atom. The number of rotatable bonds is 6. The summed E-state index contributed by atoms with van der Waals surface area (Å²) in [5.74, 6) is 1.22. The molecule has 13 heavy (non-hydrogen) atoms. The van der Waals surface area contributed by atoms with E-state index < -0.39 is 9.84 Å². The highest BCUT2D eigenvalue weighted by Crippen LogP contribution is 2.38. The molecule has 0 spiro atoms. The maximum atomic E-state index is 10.8. The Balaban J connectivity index is 2.00. The predicted molar refractivity (Wildman–Crippen MR) is 59.0 cm³/mol. The molecule has 1 rings (SSSR count). The molecular weight excluding hydrogens is 252 g/mol. The van der Waals surface area contributed by atoms with Gasteiger partial charge in [-0.2, -0.15) is 0 Å². The van der Waals surface area contributed by atoms with E-state index in [1.807, 2.05) is 0 Å². The zero-order chi connectivity index (χ0) is 9.90. The van der Waals surface area contributed by atoms with E-state index in [4.69, 9.17) is 0 Å². The fourth-order valence-electron chi connectivity index (χ4n) is 1.40. The van der Waals surface area contributed by atoms with Crippen LogP contribution in [0.5, 0.6) is 0 Å². The highest BCUT2D eigenvalue weighted by atomic mass is 79.9. The van der Waals surface area contributed by atoms with E-state index in [0.29, 0.717) is 10.6 Å². The Hall–Kier alpha value is 0.430. The van der Waals surface area contributed by atoms with Crippen molar-refractivity contribution in [3.05, 3.63) is 0 Å². The molecular formula is C9H17BrO2S. The second-order valence-corrected chi connectivity index (χ2v) is 7.41. The zero-order valence-corrected chi connectivity index (χ0v) is 10.4. The molecule has 0 radical (unpaired) electrons. The van der Waals surface area contributed by atoms with Crippen molar-refractivity contribution in [2.45, 2.75) is 36.9 Å². The van der Waals surface area contributed by atoms with Gasteiger partial charge in [0.25, 0.3) is 0 Å². The SMILES string of the molecule is CS(=O)(=O)CCCCC(Br)C1CC1. The van der Waals surface area contributed by atoms with Crippen LogP contribution >= 0.6 is 15.9 Å². The van der Waals surface area contributed by atoms with Gasteiger partial charge >= 0.3 is 0 Å². The Kier molecular flexibility index (Phi) is 4.23. The van der Waals surface area contributed by atoms with Crippen molar-refractivity contribution in [3.63, 3.8) is 0 Å².